The Morgan fingerprint density at radius 1 is 1.64 bits per heavy atom. The molecule has 1 rings (SSSR count). The molecule has 1 aliphatic carbocycles. The van der Waals surface area contributed by atoms with Crippen LogP contribution in [0.3, 0.4) is 0 Å². The molecule has 0 aromatic rings. The summed E-state index contributed by atoms with van der Waals surface area (Å²) in [5.74, 6) is 0. The minimum atomic E-state index is -0.926. The van der Waals surface area contributed by atoms with Crippen LogP contribution in [0.2, 0.25) is 0 Å². The first-order valence-corrected chi connectivity index (χ1v) is 3.75. The first-order chi connectivity index (χ1) is 5.14. The summed E-state index contributed by atoms with van der Waals surface area (Å²) in [6.07, 6.45) is 6.90. The molecular formula is C7H5Cl2NO. The van der Waals surface area contributed by atoms with E-state index in [1.165, 1.54) is 12.2 Å². The Hall–Kier alpha value is -0.560. The smallest absolute Gasteiger partial charge is 0.211 e. The summed E-state index contributed by atoms with van der Waals surface area (Å²) in [5, 5.41) is 0. The van der Waals surface area contributed by atoms with Crippen molar-refractivity contribution < 1.29 is 4.79 Å². The topological polar surface area (TPSA) is 29.4 Å². The van der Waals surface area contributed by atoms with E-state index >= 15 is 0 Å². The second-order valence-electron chi connectivity index (χ2n) is 2.14. The number of isocyanates is 1. The summed E-state index contributed by atoms with van der Waals surface area (Å²) in [5.41, 5.74) is 0.455. The third-order valence-corrected chi connectivity index (χ3v) is 1.74. The molecule has 0 amide bonds. The Balaban J connectivity index is 2.88. The van der Waals surface area contributed by atoms with Gasteiger partial charge in [0.25, 0.3) is 0 Å². The van der Waals surface area contributed by atoms with E-state index in [-0.39, 0.29) is 0 Å². The maximum absolute atomic E-state index is 9.83. The molecule has 0 saturated heterocycles. The van der Waals surface area contributed by atoms with E-state index in [0.717, 1.165) is 0 Å². The molecule has 0 heterocycles. The first-order valence-electron chi connectivity index (χ1n) is 2.99. The van der Waals surface area contributed by atoms with E-state index < -0.39 is 4.33 Å². The third kappa shape index (κ3) is 2.51. The average molecular weight is 190 g/mol. The lowest BCUT2D eigenvalue weighted by Crippen LogP contribution is -2.10. The molecule has 0 bridgehead atoms. The minimum Gasteiger partial charge on any atom is -0.211 e. The number of halogens is 2. The fraction of sp³-hybridized carbons (Fsp3) is 0.286. The van der Waals surface area contributed by atoms with Gasteiger partial charge in [0.15, 0.2) is 0 Å². The highest BCUT2D eigenvalue weighted by Crippen LogP contribution is 2.32. The molecule has 0 atom stereocenters. The molecule has 58 valence electrons. The van der Waals surface area contributed by atoms with E-state index in [1.54, 1.807) is 12.2 Å². The van der Waals surface area contributed by atoms with Gasteiger partial charge in [0.1, 0.15) is 4.33 Å². The minimum absolute atomic E-state index is 0.455. The van der Waals surface area contributed by atoms with E-state index in [9.17, 15) is 4.79 Å². The maximum atomic E-state index is 9.83. The molecule has 1 aliphatic rings. The van der Waals surface area contributed by atoms with Gasteiger partial charge >= 0.3 is 0 Å². The molecule has 4 heteroatoms. The van der Waals surface area contributed by atoms with Crippen molar-refractivity contribution in [2.75, 3.05) is 0 Å². The maximum Gasteiger partial charge on any atom is 0.240 e. The van der Waals surface area contributed by atoms with Crippen LogP contribution in [-0.2, 0) is 4.79 Å². The highest BCUT2D eigenvalue weighted by atomic mass is 35.5. The second kappa shape index (κ2) is 3.22. The third-order valence-electron chi connectivity index (χ3n) is 1.21. The van der Waals surface area contributed by atoms with Crippen molar-refractivity contribution in [1.82, 2.24) is 0 Å². The Kier molecular flexibility index (Phi) is 2.50. The Bertz CT molecular complexity index is 262. The number of rotatable bonds is 1. The largest absolute Gasteiger partial charge is 0.240 e. The number of nitrogens with zero attached hydrogens (tertiary/aromatic N) is 1. The summed E-state index contributed by atoms with van der Waals surface area (Å²) in [7, 11) is 0. The van der Waals surface area contributed by atoms with Crippen LogP contribution in [0.5, 0.6) is 0 Å². The van der Waals surface area contributed by atoms with E-state index in [0.29, 0.717) is 12.1 Å². The molecule has 0 aliphatic heterocycles. The number of alkyl halides is 2. The summed E-state index contributed by atoms with van der Waals surface area (Å²) in [6.45, 7) is 0. The highest BCUT2D eigenvalue weighted by molar-refractivity contribution is 6.50. The Morgan fingerprint density at radius 2 is 2.36 bits per heavy atom. The van der Waals surface area contributed by atoms with Crippen LogP contribution in [0, 0.1) is 0 Å². The molecule has 0 fully saturated rings. The predicted octanol–water partition coefficient (Wildman–Crippen LogP) is 2.34. The zero-order chi connectivity index (χ0) is 8.32. The predicted molar refractivity (Wildman–Crippen MR) is 44.4 cm³/mol. The lowest BCUT2D eigenvalue weighted by molar-refractivity contribution is 0.564. The van der Waals surface area contributed by atoms with Gasteiger partial charge in [-0.15, -0.1) is 0 Å². The number of hydrogen-bond acceptors (Lipinski definition) is 2. The molecule has 0 N–H and O–H groups in total. The van der Waals surface area contributed by atoms with Gasteiger partial charge in [0.2, 0.25) is 6.08 Å². The molecule has 0 spiro atoms. The quantitative estimate of drug-likeness (QED) is 0.354. The monoisotopic (exact) mass is 189 g/mol. The number of aliphatic imine (C=N–C) groups is 1. The van der Waals surface area contributed by atoms with Gasteiger partial charge < -0.3 is 0 Å². The highest BCUT2D eigenvalue weighted by Gasteiger charge is 2.22. The first kappa shape index (κ1) is 8.54. The van der Waals surface area contributed by atoms with Crippen LogP contribution in [0.15, 0.2) is 28.9 Å². The van der Waals surface area contributed by atoms with Gasteiger partial charge in [-0.3, -0.25) is 0 Å². The zero-order valence-corrected chi connectivity index (χ0v) is 7.06. The van der Waals surface area contributed by atoms with Crippen molar-refractivity contribution in [3.8, 4) is 0 Å². The second-order valence-corrected chi connectivity index (χ2v) is 3.68. The Morgan fingerprint density at radius 3 is 2.91 bits per heavy atom. The number of allylic oxidation sites excluding steroid dienone is 3. The summed E-state index contributed by atoms with van der Waals surface area (Å²) in [6, 6.07) is 0. The average Bonchev–Trinajstić information content (AvgIpc) is 1.85. The van der Waals surface area contributed by atoms with Gasteiger partial charge in [0.05, 0.1) is 5.70 Å². The molecule has 11 heavy (non-hydrogen) atoms. The van der Waals surface area contributed by atoms with Crippen LogP contribution in [0.1, 0.15) is 6.42 Å². The van der Waals surface area contributed by atoms with Crippen molar-refractivity contribution in [3.05, 3.63) is 23.9 Å². The van der Waals surface area contributed by atoms with Crippen LogP contribution in [0.25, 0.3) is 0 Å². The lowest BCUT2D eigenvalue weighted by atomic mass is 10.1. The van der Waals surface area contributed by atoms with Crippen molar-refractivity contribution in [3.63, 3.8) is 0 Å². The standard InChI is InChI=1S/C7H5Cl2NO/c8-7(9)3-1-2-6(4-7)10-5-11/h1-2,4H,3H2. The molecule has 0 unspecified atom stereocenters. The zero-order valence-electron chi connectivity index (χ0n) is 5.55. The van der Waals surface area contributed by atoms with Gasteiger partial charge in [-0.25, -0.2) is 4.79 Å². The molecule has 0 saturated carbocycles. The van der Waals surface area contributed by atoms with Crippen molar-refractivity contribution in [2.24, 2.45) is 4.99 Å². The summed E-state index contributed by atoms with van der Waals surface area (Å²) < 4.78 is -0.926. The lowest BCUT2D eigenvalue weighted by Gasteiger charge is -2.15. The van der Waals surface area contributed by atoms with Crippen LogP contribution in [0.4, 0.5) is 0 Å². The van der Waals surface area contributed by atoms with E-state index in [1.807, 2.05) is 0 Å². The fourth-order valence-corrected chi connectivity index (χ4v) is 1.18. The van der Waals surface area contributed by atoms with Gasteiger partial charge in [-0.1, -0.05) is 29.3 Å². The van der Waals surface area contributed by atoms with Gasteiger partial charge in [0, 0.05) is 6.42 Å². The Labute approximate surface area is 74.2 Å². The van der Waals surface area contributed by atoms with Crippen molar-refractivity contribution in [2.45, 2.75) is 10.8 Å². The number of carbonyl (C=O) groups excluding carboxylic acids is 1. The van der Waals surface area contributed by atoms with E-state index in [4.69, 9.17) is 23.2 Å². The molecular weight excluding hydrogens is 185 g/mol. The van der Waals surface area contributed by atoms with Gasteiger partial charge in [-0.2, -0.15) is 4.99 Å². The molecule has 0 aromatic carbocycles. The van der Waals surface area contributed by atoms with Crippen LogP contribution in [-0.4, -0.2) is 10.4 Å². The van der Waals surface area contributed by atoms with E-state index in [2.05, 4.69) is 4.99 Å². The van der Waals surface area contributed by atoms with Crippen LogP contribution >= 0.6 is 23.2 Å². The fourth-order valence-electron chi connectivity index (χ4n) is 0.782. The normalized spacial score (nSPS) is 20.4. The molecule has 2 nitrogen and oxygen atoms in total. The molecule has 0 aromatic heterocycles. The SMILES string of the molecule is O=C=NC1=CC(Cl)(Cl)CC=C1. The van der Waals surface area contributed by atoms with Crippen LogP contribution < -0.4 is 0 Å². The van der Waals surface area contributed by atoms with Crippen molar-refractivity contribution >= 4 is 29.3 Å². The van der Waals surface area contributed by atoms with Gasteiger partial charge in [-0.05, 0) is 12.2 Å². The molecule has 0 radical (unpaired) electrons. The number of hydrogen-bond donors (Lipinski definition) is 0. The summed E-state index contributed by atoms with van der Waals surface area (Å²) in [4.78, 5) is 13.2. The van der Waals surface area contributed by atoms with Crippen molar-refractivity contribution in [1.29, 1.82) is 0 Å². The summed E-state index contributed by atoms with van der Waals surface area (Å²) >= 11 is 11.5.